The molecule has 0 spiro atoms. The maximum atomic E-state index is 12.8. The lowest BCUT2D eigenvalue weighted by molar-refractivity contribution is -0.139. The molecule has 0 aliphatic carbocycles. The third kappa shape index (κ3) is 4.44. The van der Waals surface area contributed by atoms with Gasteiger partial charge in [0, 0.05) is 17.0 Å². The zero-order valence-corrected chi connectivity index (χ0v) is 16.8. The van der Waals surface area contributed by atoms with Crippen LogP contribution in [0.2, 0.25) is 0 Å². The number of benzene rings is 1. The smallest absolute Gasteiger partial charge is 0.336 e. The van der Waals surface area contributed by atoms with E-state index in [4.69, 9.17) is 14.2 Å². The van der Waals surface area contributed by atoms with Gasteiger partial charge in [0.1, 0.15) is 12.4 Å². The molecule has 0 radical (unpaired) electrons. The normalized spacial score (nSPS) is 14.4. The predicted octanol–water partition coefficient (Wildman–Crippen LogP) is 3.61. The summed E-state index contributed by atoms with van der Waals surface area (Å²) in [5.74, 6) is -1.06. The van der Waals surface area contributed by atoms with E-state index in [1.54, 1.807) is 39.8 Å². The molecular weight excluding hydrogens is 358 g/mol. The molecule has 6 nitrogen and oxygen atoms in total. The van der Waals surface area contributed by atoms with Crippen molar-refractivity contribution < 1.29 is 23.8 Å². The Morgan fingerprint density at radius 2 is 1.57 bits per heavy atom. The number of rotatable bonds is 8. The summed E-state index contributed by atoms with van der Waals surface area (Å²) in [6.07, 6.45) is 1.64. The quantitative estimate of drug-likeness (QED) is 0.544. The maximum absolute atomic E-state index is 12.8. The van der Waals surface area contributed by atoms with E-state index in [1.165, 1.54) is 0 Å². The van der Waals surface area contributed by atoms with Crippen molar-refractivity contribution in [2.75, 3.05) is 19.8 Å². The molecule has 0 saturated carbocycles. The lowest BCUT2D eigenvalue weighted by Gasteiger charge is -2.31. The van der Waals surface area contributed by atoms with Crippen LogP contribution in [-0.4, -0.2) is 31.8 Å². The average molecular weight is 385 g/mol. The summed E-state index contributed by atoms with van der Waals surface area (Å²) >= 11 is 0. The van der Waals surface area contributed by atoms with Gasteiger partial charge < -0.3 is 19.5 Å². The van der Waals surface area contributed by atoms with Crippen LogP contribution < -0.4 is 10.1 Å². The summed E-state index contributed by atoms with van der Waals surface area (Å²) < 4.78 is 16.4. The molecule has 0 saturated heterocycles. The van der Waals surface area contributed by atoms with Crippen molar-refractivity contribution in [3.05, 3.63) is 65.0 Å². The first-order valence-corrected chi connectivity index (χ1v) is 9.31. The summed E-state index contributed by atoms with van der Waals surface area (Å²) in [6, 6.07) is 7.32. The van der Waals surface area contributed by atoms with Crippen molar-refractivity contribution >= 4 is 11.9 Å². The highest BCUT2D eigenvalue weighted by Crippen LogP contribution is 2.42. The highest BCUT2D eigenvalue weighted by atomic mass is 16.5. The zero-order valence-electron chi connectivity index (χ0n) is 16.8. The van der Waals surface area contributed by atoms with Crippen molar-refractivity contribution in [2.24, 2.45) is 0 Å². The molecule has 6 heteroatoms. The lowest BCUT2D eigenvalue weighted by Crippen LogP contribution is -2.32. The molecule has 0 atom stereocenters. The Labute approximate surface area is 165 Å². The second-order valence-corrected chi connectivity index (χ2v) is 6.21. The summed E-state index contributed by atoms with van der Waals surface area (Å²) in [5, 5.41) is 3.12. The molecule has 1 heterocycles. The molecule has 150 valence electrons. The summed E-state index contributed by atoms with van der Waals surface area (Å²) in [5.41, 5.74) is 2.69. The van der Waals surface area contributed by atoms with Crippen molar-refractivity contribution in [3.63, 3.8) is 0 Å². The van der Waals surface area contributed by atoms with Crippen LogP contribution in [0.15, 0.2) is 59.5 Å². The van der Waals surface area contributed by atoms with Crippen LogP contribution in [0.3, 0.4) is 0 Å². The van der Waals surface area contributed by atoms with Crippen molar-refractivity contribution in [1.29, 1.82) is 0 Å². The van der Waals surface area contributed by atoms with Gasteiger partial charge in [-0.2, -0.15) is 0 Å². The van der Waals surface area contributed by atoms with Crippen molar-refractivity contribution in [2.45, 2.75) is 33.6 Å². The number of dihydropyridines is 1. The zero-order chi connectivity index (χ0) is 20.7. The molecule has 1 N–H and O–H groups in total. The molecule has 1 aromatic carbocycles. The monoisotopic (exact) mass is 385 g/mol. The van der Waals surface area contributed by atoms with Gasteiger partial charge in [-0.05, 0) is 33.8 Å². The number of carbonyl (C=O) groups excluding carboxylic acids is 2. The van der Waals surface area contributed by atoms with E-state index >= 15 is 0 Å². The van der Waals surface area contributed by atoms with Crippen LogP contribution in [0, 0.1) is 0 Å². The maximum Gasteiger partial charge on any atom is 0.336 e. The van der Waals surface area contributed by atoms with Crippen LogP contribution in [0.1, 0.15) is 39.2 Å². The van der Waals surface area contributed by atoms with E-state index in [2.05, 4.69) is 11.9 Å². The first-order chi connectivity index (χ1) is 13.5. The molecule has 2 rings (SSSR count). The molecule has 1 aromatic rings. The van der Waals surface area contributed by atoms with Crippen LogP contribution >= 0.6 is 0 Å². The summed E-state index contributed by atoms with van der Waals surface area (Å²) in [7, 11) is 0. The number of ether oxygens (including phenoxy) is 3. The van der Waals surface area contributed by atoms with E-state index in [0.717, 1.165) is 0 Å². The molecule has 0 bridgehead atoms. The number of hydrogen-bond donors (Lipinski definition) is 1. The highest BCUT2D eigenvalue weighted by Gasteiger charge is 2.39. The standard InChI is InChI=1S/C22H27NO5/c1-6-13-28-17-12-10-9-11-16(17)20-18(21(24)26-7-2)14(4)23-15(5)19(20)22(25)27-8-3/h6,9-12,20,23H,1,7-8,13H2,2-5H3. The third-order valence-corrected chi connectivity index (χ3v) is 4.34. The fourth-order valence-corrected chi connectivity index (χ4v) is 3.26. The molecule has 0 amide bonds. The van der Waals surface area contributed by atoms with E-state index in [-0.39, 0.29) is 13.2 Å². The first-order valence-electron chi connectivity index (χ1n) is 9.31. The minimum atomic E-state index is -0.666. The van der Waals surface area contributed by atoms with E-state index in [9.17, 15) is 9.59 Å². The molecule has 0 aromatic heterocycles. The van der Waals surface area contributed by atoms with Gasteiger partial charge in [-0.1, -0.05) is 30.9 Å². The van der Waals surface area contributed by atoms with Crippen molar-refractivity contribution in [3.8, 4) is 5.75 Å². The van der Waals surface area contributed by atoms with Crippen LogP contribution in [0.4, 0.5) is 0 Å². The minimum absolute atomic E-state index is 0.231. The van der Waals surface area contributed by atoms with Crippen LogP contribution in [-0.2, 0) is 19.1 Å². The average Bonchev–Trinajstić information content (AvgIpc) is 2.66. The van der Waals surface area contributed by atoms with Gasteiger partial charge in [-0.15, -0.1) is 0 Å². The van der Waals surface area contributed by atoms with Gasteiger partial charge in [0.05, 0.1) is 30.3 Å². The van der Waals surface area contributed by atoms with Gasteiger partial charge in [-0.25, -0.2) is 9.59 Å². The molecule has 0 unspecified atom stereocenters. The van der Waals surface area contributed by atoms with Crippen molar-refractivity contribution in [1.82, 2.24) is 5.32 Å². The Bertz CT molecular complexity index is 782. The Hall–Kier alpha value is -3.02. The Morgan fingerprint density at radius 1 is 1.04 bits per heavy atom. The fraction of sp³-hybridized carbons (Fsp3) is 0.364. The van der Waals surface area contributed by atoms with Gasteiger partial charge in [0.15, 0.2) is 0 Å². The SMILES string of the molecule is C=CCOc1ccccc1C1C(C(=O)OCC)=C(C)NC(C)=C1C(=O)OCC. The Morgan fingerprint density at radius 3 is 2.07 bits per heavy atom. The number of nitrogens with one attached hydrogen (secondary N) is 1. The first kappa shape index (κ1) is 21.3. The number of hydrogen-bond acceptors (Lipinski definition) is 6. The number of esters is 2. The van der Waals surface area contributed by atoms with Gasteiger partial charge in [0.2, 0.25) is 0 Å². The molecular formula is C22H27NO5. The molecule has 0 fully saturated rings. The van der Waals surface area contributed by atoms with E-state index in [1.807, 2.05) is 18.2 Å². The molecule has 1 aliphatic heterocycles. The Balaban J connectivity index is 2.68. The highest BCUT2D eigenvalue weighted by molar-refractivity contribution is 6.00. The van der Waals surface area contributed by atoms with Crippen LogP contribution in [0.5, 0.6) is 5.75 Å². The topological polar surface area (TPSA) is 73.9 Å². The number of allylic oxidation sites excluding steroid dienone is 2. The minimum Gasteiger partial charge on any atom is -0.489 e. The fourth-order valence-electron chi connectivity index (χ4n) is 3.26. The Kier molecular flexibility index (Phi) is 7.44. The van der Waals surface area contributed by atoms with Crippen LogP contribution in [0.25, 0.3) is 0 Å². The van der Waals surface area contributed by atoms with Gasteiger partial charge >= 0.3 is 11.9 Å². The lowest BCUT2D eigenvalue weighted by atomic mass is 9.80. The predicted molar refractivity (Wildman–Crippen MR) is 107 cm³/mol. The van der Waals surface area contributed by atoms with E-state index in [0.29, 0.717) is 40.5 Å². The largest absolute Gasteiger partial charge is 0.489 e. The molecule has 28 heavy (non-hydrogen) atoms. The second-order valence-electron chi connectivity index (χ2n) is 6.21. The summed E-state index contributed by atoms with van der Waals surface area (Å²) in [4.78, 5) is 25.6. The number of carbonyl (C=O) groups is 2. The van der Waals surface area contributed by atoms with E-state index < -0.39 is 17.9 Å². The summed E-state index contributed by atoms with van der Waals surface area (Å²) in [6.45, 7) is 11.5. The van der Waals surface area contributed by atoms with Gasteiger partial charge in [0.25, 0.3) is 0 Å². The third-order valence-electron chi connectivity index (χ3n) is 4.34. The van der Waals surface area contributed by atoms with Gasteiger partial charge in [-0.3, -0.25) is 0 Å². The second kappa shape index (κ2) is 9.78. The number of para-hydroxylation sites is 1. The molecule has 1 aliphatic rings.